The van der Waals surface area contributed by atoms with Crippen molar-refractivity contribution in [1.82, 2.24) is 5.32 Å². The van der Waals surface area contributed by atoms with E-state index in [1.807, 2.05) is 0 Å². The largest absolute Gasteiger partial charge is 0.391 e. The van der Waals surface area contributed by atoms with Gasteiger partial charge in [-0.25, -0.2) is 0 Å². The molecule has 0 aromatic heterocycles. The molecule has 3 heteroatoms. The average Bonchev–Trinajstić information content (AvgIpc) is 1.68. The van der Waals surface area contributed by atoms with Gasteiger partial charge in [0.2, 0.25) is 0 Å². The summed E-state index contributed by atoms with van der Waals surface area (Å²) in [5, 5.41) is 2.71. The zero-order chi connectivity index (χ0) is 5.70. The molecule has 0 spiro atoms. The minimum Gasteiger partial charge on any atom is -0.391 e. The predicted molar refractivity (Wildman–Crippen MR) is 31.8 cm³/mol. The fraction of sp³-hybridized carbons (Fsp3) is 0.500. The lowest BCUT2D eigenvalue weighted by Gasteiger charge is -1.95. The van der Waals surface area contributed by atoms with Gasteiger partial charge in [-0.2, -0.15) is 3.89 Å². The van der Waals surface area contributed by atoms with Crippen molar-refractivity contribution in [2.24, 2.45) is 0 Å². The maximum Gasteiger partial charge on any atom is 0.0643 e. The molecule has 0 aliphatic carbocycles. The van der Waals surface area contributed by atoms with Crippen molar-refractivity contribution < 1.29 is 3.89 Å². The van der Waals surface area contributed by atoms with Gasteiger partial charge in [-0.05, 0) is 0 Å². The Morgan fingerprint density at radius 2 is 2.57 bits per heavy atom. The first-order valence-electron chi connectivity index (χ1n) is 1.90. The van der Waals surface area contributed by atoms with Crippen LogP contribution in [-0.4, -0.2) is 12.8 Å². The fourth-order valence-corrected chi connectivity index (χ4v) is 0.414. The molecule has 0 atom stereocenters. The van der Waals surface area contributed by atoms with E-state index in [2.05, 4.69) is 11.9 Å². The molecule has 0 aromatic carbocycles. The van der Waals surface area contributed by atoms with Crippen molar-refractivity contribution in [3.63, 3.8) is 0 Å². The summed E-state index contributed by atoms with van der Waals surface area (Å²) in [6.45, 7) is 3.49. The summed E-state index contributed by atoms with van der Waals surface area (Å²) < 4.78 is 11.2. The molecule has 0 fully saturated rings. The molecule has 0 saturated heterocycles. The highest BCUT2D eigenvalue weighted by Crippen LogP contribution is 2.02. The van der Waals surface area contributed by atoms with Gasteiger partial charge in [0, 0.05) is 12.7 Å². The van der Waals surface area contributed by atoms with Crippen molar-refractivity contribution in [3.05, 3.63) is 12.3 Å². The molecule has 1 N–H and O–H groups in total. The molecule has 0 amide bonds. The molecule has 0 aromatic rings. The Bertz CT molecular complexity index is 64.7. The lowest BCUT2D eigenvalue weighted by molar-refractivity contribution is 0.924. The van der Waals surface area contributed by atoms with Crippen LogP contribution in [-0.2, 0) is 0 Å². The van der Waals surface area contributed by atoms with Crippen LogP contribution >= 0.6 is 12.1 Å². The van der Waals surface area contributed by atoms with E-state index in [1.54, 1.807) is 7.05 Å². The second kappa shape index (κ2) is 3.99. The Labute approximate surface area is 47.3 Å². The van der Waals surface area contributed by atoms with E-state index in [9.17, 15) is 3.89 Å². The van der Waals surface area contributed by atoms with Gasteiger partial charge in [0.25, 0.3) is 0 Å². The van der Waals surface area contributed by atoms with Crippen molar-refractivity contribution in [1.29, 1.82) is 0 Å². The first-order valence-corrected chi connectivity index (χ1v) is 2.79. The quantitative estimate of drug-likeness (QED) is 0.604. The molecular formula is C4H8FNS. The van der Waals surface area contributed by atoms with E-state index in [4.69, 9.17) is 0 Å². The van der Waals surface area contributed by atoms with Crippen LogP contribution in [0.5, 0.6) is 0 Å². The van der Waals surface area contributed by atoms with Crippen LogP contribution < -0.4 is 5.32 Å². The maximum atomic E-state index is 11.2. The molecule has 0 rings (SSSR count). The smallest absolute Gasteiger partial charge is 0.0643 e. The molecule has 0 aliphatic rings. The van der Waals surface area contributed by atoms with Gasteiger partial charge in [-0.3, -0.25) is 0 Å². The standard InChI is InChI=1S/C4H8FNS/c1-4(6-2)3-7-5/h6H,1,3H2,2H3. The van der Waals surface area contributed by atoms with Crippen LogP contribution in [0.4, 0.5) is 3.89 Å². The van der Waals surface area contributed by atoms with Crippen molar-refractivity contribution >= 4 is 12.1 Å². The molecule has 7 heavy (non-hydrogen) atoms. The molecule has 0 unspecified atom stereocenters. The van der Waals surface area contributed by atoms with Crippen LogP contribution in [0.3, 0.4) is 0 Å². The van der Waals surface area contributed by atoms with E-state index in [0.717, 1.165) is 0 Å². The third-order valence-corrected chi connectivity index (χ3v) is 1.04. The monoisotopic (exact) mass is 121 g/mol. The molecular weight excluding hydrogens is 113 g/mol. The highest BCUT2D eigenvalue weighted by atomic mass is 32.2. The number of nitrogens with one attached hydrogen (secondary N) is 1. The lowest BCUT2D eigenvalue weighted by atomic mass is 10.6. The molecule has 0 bridgehead atoms. The van der Waals surface area contributed by atoms with Crippen LogP contribution in [0.25, 0.3) is 0 Å². The lowest BCUT2D eigenvalue weighted by Crippen LogP contribution is -2.04. The fourth-order valence-electron chi connectivity index (χ4n) is 0.138. The second-order valence-corrected chi connectivity index (χ2v) is 1.61. The Kier molecular flexibility index (Phi) is 3.89. The summed E-state index contributed by atoms with van der Waals surface area (Å²) in [5.74, 6) is 0.344. The van der Waals surface area contributed by atoms with E-state index < -0.39 is 0 Å². The minimum atomic E-state index is 0.272. The Morgan fingerprint density at radius 1 is 2.00 bits per heavy atom. The maximum absolute atomic E-state index is 11.2. The summed E-state index contributed by atoms with van der Waals surface area (Å²) in [5.41, 5.74) is 0.715. The number of hydrogen-bond acceptors (Lipinski definition) is 2. The number of halogens is 1. The van der Waals surface area contributed by atoms with Gasteiger partial charge >= 0.3 is 0 Å². The molecule has 0 saturated carbocycles. The average molecular weight is 121 g/mol. The van der Waals surface area contributed by atoms with Crippen LogP contribution in [0, 0.1) is 0 Å². The molecule has 0 radical (unpaired) electrons. The van der Waals surface area contributed by atoms with Crippen LogP contribution in [0.1, 0.15) is 0 Å². The Hall–Kier alpha value is -0.180. The molecule has 1 nitrogen and oxygen atoms in total. The van der Waals surface area contributed by atoms with E-state index in [0.29, 0.717) is 11.4 Å². The highest BCUT2D eigenvalue weighted by molar-refractivity contribution is 7.94. The Balaban J connectivity index is 3.00. The molecule has 42 valence electrons. The third kappa shape index (κ3) is 3.66. The first-order chi connectivity index (χ1) is 3.31. The number of rotatable bonds is 3. The van der Waals surface area contributed by atoms with E-state index >= 15 is 0 Å². The topological polar surface area (TPSA) is 12.0 Å². The highest BCUT2D eigenvalue weighted by Gasteiger charge is 1.85. The normalized spacial score (nSPS) is 8.29. The van der Waals surface area contributed by atoms with E-state index in [1.165, 1.54) is 0 Å². The summed E-state index contributed by atoms with van der Waals surface area (Å²) in [7, 11) is 1.72. The Morgan fingerprint density at radius 3 is 2.71 bits per heavy atom. The van der Waals surface area contributed by atoms with Crippen molar-refractivity contribution in [2.75, 3.05) is 12.8 Å². The predicted octanol–water partition coefficient (Wildman–Crippen LogP) is 1.34. The zero-order valence-corrected chi connectivity index (χ0v) is 5.02. The van der Waals surface area contributed by atoms with Gasteiger partial charge in [0.05, 0.1) is 17.9 Å². The summed E-state index contributed by atoms with van der Waals surface area (Å²) in [6.07, 6.45) is 0. The van der Waals surface area contributed by atoms with Gasteiger partial charge in [0.15, 0.2) is 0 Å². The van der Waals surface area contributed by atoms with Crippen molar-refractivity contribution in [2.45, 2.75) is 0 Å². The van der Waals surface area contributed by atoms with Crippen LogP contribution in [0.2, 0.25) is 0 Å². The third-order valence-electron chi connectivity index (χ3n) is 0.582. The van der Waals surface area contributed by atoms with E-state index in [-0.39, 0.29) is 12.1 Å². The van der Waals surface area contributed by atoms with Gasteiger partial charge in [0.1, 0.15) is 0 Å². The second-order valence-electron chi connectivity index (χ2n) is 1.11. The minimum absolute atomic E-state index is 0.272. The zero-order valence-electron chi connectivity index (χ0n) is 4.20. The first kappa shape index (κ1) is 6.82. The van der Waals surface area contributed by atoms with Crippen LogP contribution in [0.15, 0.2) is 12.3 Å². The van der Waals surface area contributed by atoms with Crippen molar-refractivity contribution in [3.8, 4) is 0 Å². The number of hydrogen-bond donors (Lipinski definition) is 1. The van der Waals surface area contributed by atoms with Gasteiger partial charge < -0.3 is 5.32 Å². The van der Waals surface area contributed by atoms with Gasteiger partial charge in [-0.1, -0.05) is 6.58 Å². The summed E-state index contributed by atoms with van der Waals surface area (Å²) >= 11 is 0.272. The summed E-state index contributed by atoms with van der Waals surface area (Å²) in [4.78, 5) is 0. The van der Waals surface area contributed by atoms with Gasteiger partial charge in [-0.15, -0.1) is 0 Å². The molecule has 0 aliphatic heterocycles. The summed E-state index contributed by atoms with van der Waals surface area (Å²) in [6, 6.07) is 0. The SMILES string of the molecule is C=C(CSF)NC. The molecule has 0 heterocycles.